The van der Waals surface area contributed by atoms with Crippen LogP contribution in [-0.2, 0) is 16.2 Å². The standard InChI is InChI=1S/C28H24ClIN2O6S/c1-3-37-23-13-18(12-22(29)26(23)38-16-17-4-6-19(30)7-5-17)14-24-27(34)32(28(35)39-24)15-25(33)31-20-8-10-21(36-2)11-9-20/h4-14H,3,15-16H2,1-2H3,(H,31,33)/b24-14+. The van der Waals surface area contributed by atoms with E-state index < -0.39 is 23.6 Å². The van der Waals surface area contributed by atoms with Crippen LogP contribution in [0.2, 0.25) is 5.02 Å². The molecular weight excluding hydrogens is 655 g/mol. The fourth-order valence-corrected chi connectivity index (χ4v) is 5.09. The maximum atomic E-state index is 13.0. The number of carbonyl (C=O) groups excluding carboxylic acids is 3. The van der Waals surface area contributed by atoms with Crippen molar-refractivity contribution in [3.05, 3.63) is 85.3 Å². The summed E-state index contributed by atoms with van der Waals surface area (Å²) in [6, 6.07) is 18.0. The first kappa shape index (κ1) is 28.8. The largest absolute Gasteiger partial charge is 0.497 e. The lowest BCUT2D eigenvalue weighted by Gasteiger charge is -2.15. The number of rotatable bonds is 10. The number of nitrogens with zero attached hydrogens (tertiary/aromatic N) is 1. The minimum atomic E-state index is -0.567. The molecule has 1 N–H and O–H groups in total. The van der Waals surface area contributed by atoms with Gasteiger partial charge in [0.05, 0.1) is 23.6 Å². The number of nitrogens with one attached hydrogen (secondary N) is 1. The van der Waals surface area contributed by atoms with Gasteiger partial charge in [0.1, 0.15) is 18.9 Å². The van der Waals surface area contributed by atoms with Gasteiger partial charge in [0.2, 0.25) is 5.91 Å². The molecule has 1 heterocycles. The SMILES string of the molecule is CCOc1cc(/C=C2/SC(=O)N(CC(=O)Nc3ccc(OC)cc3)C2=O)cc(Cl)c1OCc1ccc(I)cc1. The van der Waals surface area contributed by atoms with Gasteiger partial charge in [0, 0.05) is 9.26 Å². The van der Waals surface area contributed by atoms with Gasteiger partial charge >= 0.3 is 0 Å². The average Bonchev–Trinajstić information content (AvgIpc) is 3.17. The van der Waals surface area contributed by atoms with Crippen LogP contribution in [0, 0.1) is 3.57 Å². The molecular formula is C28H24ClIN2O6S. The maximum absolute atomic E-state index is 13.0. The minimum absolute atomic E-state index is 0.170. The van der Waals surface area contributed by atoms with Gasteiger partial charge in [-0.3, -0.25) is 19.3 Å². The predicted octanol–water partition coefficient (Wildman–Crippen LogP) is 6.61. The van der Waals surface area contributed by atoms with Crippen LogP contribution in [0.1, 0.15) is 18.1 Å². The summed E-state index contributed by atoms with van der Waals surface area (Å²) >= 11 is 9.53. The Labute approximate surface area is 248 Å². The van der Waals surface area contributed by atoms with Gasteiger partial charge in [-0.1, -0.05) is 23.7 Å². The van der Waals surface area contributed by atoms with Crippen molar-refractivity contribution in [1.29, 1.82) is 0 Å². The first-order valence-corrected chi connectivity index (χ1v) is 14.1. The zero-order chi connectivity index (χ0) is 27.9. The van der Waals surface area contributed by atoms with E-state index in [0.29, 0.717) is 46.7 Å². The molecule has 0 radical (unpaired) electrons. The van der Waals surface area contributed by atoms with E-state index in [-0.39, 0.29) is 4.91 Å². The number of thioether (sulfide) groups is 1. The molecule has 39 heavy (non-hydrogen) atoms. The van der Waals surface area contributed by atoms with Crippen molar-refractivity contribution in [2.24, 2.45) is 0 Å². The van der Waals surface area contributed by atoms with Gasteiger partial charge < -0.3 is 19.5 Å². The molecule has 1 saturated heterocycles. The third-order valence-corrected chi connectivity index (χ3v) is 7.38. The van der Waals surface area contributed by atoms with E-state index >= 15 is 0 Å². The molecule has 4 rings (SSSR count). The van der Waals surface area contributed by atoms with Crippen molar-refractivity contribution >= 4 is 74.8 Å². The average molecular weight is 679 g/mol. The number of halogens is 2. The highest BCUT2D eigenvalue weighted by molar-refractivity contribution is 14.1. The smallest absolute Gasteiger partial charge is 0.294 e. The Morgan fingerprint density at radius 3 is 2.46 bits per heavy atom. The molecule has 1 aliphatic rings. The maximum Gasteiger partial charge on any atom is 0.294 e. The number of carbonyl (C=O) groups is 3. The number of hydrogen-bond donors (Lipinski definition) is 1. The highest BCUT2D eigenvalue weighted by Crippen LogP contribution is 2.39. The van der Waals surface area contributed by atoms with Gasteiger partial charge in [0.25, 0.3) is 11.1 Å². The molecule has 3 aromatic rings. The third-order valence-electron chi connectivity index (χ3n) is 5.47. The van der Waals surface area contributed by atoms with Crippen molar-refractivity contribution in [3.8, 4) is 17.2 Å². The molecule has 0 unspecified atom stereocenters. The quantitative estimate of drug-likeness (QED) is 0.191. The molecule has 1 fully saturated rings. The van der Waals surface area contributed by atoms with E-state index in [0.717, 1.165) is 25.8 Å². The van der Waals surface area contributed by atoms with Crippen molar-refractivity contribution in [3.63, 3.8) is 0 Å². The molecule has 3 aromatic carbocycles. The summed E-state index contributed by atoms with van der Waals surface area (Å²) in [4.78, 5) is 39.1. The van der Waals surface area contributed by atoms with Crippen LogP contribution in [-0.4, -0.2) is 42.2 Å². The Balaban J connectivity index is 1.46. The number of hydrogen-bond acceptors (Lipinski definition) is 7. The van der Waals surface area contributed by atoms with Gasteiger partial charge in [-0.25, -0.2) is 0 Å². The zero-order valence-electron chi connectivity index (χ0n) is 21.0. The van der Waals surface area contributed by atoms with Crippen LogP contribution in [0.25, 0.3) is 6.08 Å². The van der Waals surface area contributed by atoms with E-state index in [1.807, 2.05) is 31.2 Å². The lowest BCUT2D eigenvalue weighted by molar-refractivity contribution is -0.127. The van der Waals surface area contributed by atoms with Crippen LogP contribution in [0.5, 0.6) is 17.2 Å². The normalized spacial score (nSPS) is 14.1. The molecule has 0 aliphatic carbocycles. The van der Waals surface area contributed by atoms with Gasteiger partial charge in [-0.05, 0) is 107 Å². The van der Waals surface area contributed by atoms with Crippen molar-refractivity contribution in [2.75, 3.05) is 25.6 Å². The second-order valence-corrected chi connectivity index (χ2v) is 10.9. The summed E-state index contributed by atoms with van der Waals surface area (Å²) in [7, 11) is 1.54. The Morgan fingerprint density at radius 1 is 1.08 bits per heavy atom. The van der Waals surface area contributed by atoms with Crippen LogP contribution in [0.15, 0.2) is 65.6 Å². The molecule has 1 aliphatic heterocycles. The molecule has 0 bridgehead atoms. The summed E-state index contributed by atoms with van der Waals surface area (Å²) in [6.07, 6.45) is 1.55. The zero-order valence-corrected chi connectivity index (χ0v) is 24.8. The Bertz CT molecular complexity index is 1410. The monoisotopic (exact) mass is 678 g/mol. The fraction of sp³-hybridized carbons (Fsp3) is 0.179. The molecule has 202 valence electrons. The van der Waals surface area contributed by atoms with E-state index in [1.165, 1.54) is 0 Å². The summed E-state index contributed by atoms with van der Waals surface area (Å²) in [6.45, 7) is 2.10. The number of benzene rings is 3. The molecule has 0 spiro atoms. The highest BCUT2D eigenvalue weighted by atomic mass is 127. The van der Waals surface area contributed by atoms with E-state index in [4.69, 9.17) is 25.8 Å². The Hall–Kier alpha value is -3.22. The van der Waals surface area contributed by atoms with Crippen molar-refractivity contribution < 1.29 is 28.6 Å². The Morgan fingerprint density at radius 2 is 1.79 bits per heavy atom. The summed E-state index contributed by atoms with van der Waals surface area (Å²) in [5.41, 5.74) is 2.05. The predicted molar refractivity (Wildman–Crippen MR) is 160 cm³/mol. The molecule has 0 atom stereocenters. The molecule has 3 amide bonds. The van der Waals surface area contributed by atoms with E-state index in [2.05, 4.69) is 27.9 Å². The van der Waals surface area contributed by atoms with Crippen molar-refractivity contribution in [1.82, 2.24) is 4.90 Å². The summed E-state index contributed by atoms with van der Waals surface area (Å²) in [5.74, 6) is 0.377. The summed E-state index contributed by atoms with van der Waals surface area (Å²) in [5, 5.41) is 2.43. The lowest BCUT2D eigenvalue weighted by Crippen LogP contribution is -2.36. The van der Waals surface area contributed by atoms with Crippen LogP contribution in [0.4, 0.5) is 10.5 Å². The number of methoxy groups -OCH3 is 1. The second kappa shape index (κ2) is 13.2. The number of ether oxygens (including phenoxy) is 3. The first-order valence-electron chi connectivity index (χ1n) is 11.8. The molecule has 0 aromatic heterocycles. The number of imide groups is 1. The third kappa shape index (κ3) is 7.46. The van der Waals surface area contributed by atoms with Crippen LogP contribution >= 0.6 is 46.0 Å². The fourth-order valence-electron chi connectivity index (χ4n) is 3.62. The number of amides is 3. The first-order chi connectivity index (χ1) is 18.8. The topological polar surface area (TPSA) is 94.2 Å². The highest BCUT2D eigenvalue weighted by Gasteiger charge is 2.36. The van der Waals surface area contributed by atoms with Crippen molar-refractivity contribution in [2.45, 2.75) is 13.5 Å². The van der Waals surface area contributed by atoms with Crippen LogP contribution in [0.3, 0.4) is 0 Å². The molecule has 11 heteroatoms. The minimum Gasteiger partial charge on any atom is -0.497 e. The van der Waals surface area contributed by atoms with E-state index in [1.54, 1.807) is 49.6 Å². The lowest BCUT2D eigenvalue weighted by atomic mass is 10.1. The van der Waals surface area contributed by atoms with Gasteiger partial charge in [-0.2, -0.15) is 0 Å². The van der Waals surface area contributed by atoms with Gasteiger partial charge in [-0.15, -0.1) is 0 Å². The van der Waals surface area contributed by atoms with E-state index in [9.17, 15) is 14.4 Å². The van der Waals surface area contributed by atoms with Crippen LogP contribution < -0.4 is 19.5 Å². The Kier molecular flexibility index (Phi) is 9.76. The van der Waals surface area contributed by atoms with Gasteiger partial charge in [0.15, 0.2) is 11.5 Å². The summed E-state index contributed by atoms with van der Waals surface area (Å²) < 4.78 is 17.9. The number of anilines is 1. The second-order valence-electron chi connectivity index (χ2n) is 8.22. The molecule has 8 nitrogen and oxygen atoms in total. The molecule has 0 saturated carbocycles.